The minimum absolute atomic E-state index is 0.0531. The van der Waals surface area contributed by atoms with Gasteiger partial charge in [-0.05, 0) is 29.5 Å². The second kappa shape index (κ2) is 8.44. The molecule has 0 fully saturated rings. The molecule has 0 saturated carbocycles. The van der Waals surface area contributed by atoms with Gasteiger partial charge in [0.2, 0.25) is 5.91 Å². The fraction of sp³-hybridized carbons (Fsp3) is 0.211. The van der Waals surface area contributed by atoms with Crippen LogP contribution >= 0.6 is 11.3 Å². The van der Waals surface area contributed by atoms with E-state index in [1.165, 1.54) is 28.3 Å². The van der Waals surface area contributed by atoms with Gasteiger partial charge in [0.15, 0.2) is 0 Å². The molecule has 3 aromatic rings. The first kappa shape index (κ1) is 17.9. The highest BCUT2D eigenvalue weighted by Crippen LogP contribution is 2.20. The molecule has 134 valence electrons. The Bertz CT molecular complexity index is 935. The lowest BCUT2D eigenvalue weighted by atomic mass is 10.1. The molecule has 26 heavy (non-hydrogen) atoms. The second-order valence-electron chi connectivity index (χ2n) is 5.63. The Morgan fingerprint density at radius 1 is 1.27 bits per heavy atom. The third kappa shape index (κ3) is 4.37. The summed E-state index contributed by atoms with van der Waals surface area (Å²) in [6, 6.07) is 12.9. The molecule has 7 heteroatoms. The van der Waals surface area contributed by atoms with E-state index < -0.39 is 0 Å². The molecular formula is C19H19N3O3S. The maximum absolute atomic E-state index is 12.2. The summed E-state index contributed by atoms with van der Waals surface area (Å²) < 4.78 is 6.59. The number of hydrogen-bond donors (Lipinski definition) is 1. The Kier molecular flexibility index (Phi) is 5.80. The third-order valence-corrected chi connectivity index (χ3v) is 4.77. The molecule has 2 aromatic heterocycles. The Hall–Kier alpha value is -2.93. The standard InChI is InChI=1S/C19H19N3O3S/c1-25-16-6-3-2-5-14(16)8-9-20-18(23)12-22-13-21-15(11-19(22)24)17-7-4-10-26-17/h2-7,10-11,13H,8-9,12H2,1H3,(H,20,23). The maximum Gasteiger partial charge on any atom is 0.254 e. The summed E-state index contributed by atoms with van der Waals surface area (Å²) in [6.07, 6.45) is 2.07. The van der Waals surface area contributed by atoms with Crippen LogP contribution in [-0.4, -0.2) is 29.1 Å². The van der Waals surface area contributed by atoms with Gasteiger partial charge in [-0.3, -0.25) is 14.2 Å². The number of carbonyl (C=O) groups is 1. The molecular weight excluding hydrogens is 350 g/mol. The van der Waals surface area contributed by atoms with Crippen molar-refractivity contribution in [3.05, 3.63) is 70.1 Å². The molecule has 0 aliphatic heterocycles. The van der Waals surface area contributed by atoms with Gasteiger partial charge >= 0.3 is 0 Å². The Labute approximate surface area is 155 Å². The van der Waals surface area contributed by atoms with Gasteiger partial charge in [0, 0.05) is 12.6 Å². The minimum Gasteiger partial charge on any atom is -0.496 e. The van der Waals surface area contributed by atoms with Gasteiger partial charge in [-0.2, -0.15) is 0 Å². The summed E-state index contributed by atoms with van der Waals surface area (Å²) in [5, 5.41) is 4.75. The molecule has 0 spiro atoms. The van der Waals surface area contributed by atoms with Crippen molar-refractivity contribution in [2.75, 3.05) is 13.7 Å². The van der Waals surface area contributed by atoms with Crippen LogP contribution in [0.3, 0.4) is 0 Å². The molecule has 0 aliphatic carbocycles. The zero-order chi connectivity index (χ0) is 18.4. The first-order valence-electron chi connectivity index (χ1n) is 8.16. The van der Waals surface area contributed by atoms with Crippen LogP contribution in [0.25, 0.3) is 10.6 Å². The van der Waals surface area contributed by atoms with Gasteiger partial charge < -0.3 is 10.1 Å². The summed E-state index contributed by atoms with van der Waals surface area (Å²) in [5.74, 6) is 0.569. The number of hydrogen-bond acceptors (Lipinski definition) is 5. The first-order chi connectivity index (χ1) is 12.7. The topological polar surface area (TPSA) is 73.2 Å². The van der Waals surface area contributed by atoms with E-state index in [0.29, 0.717) is 18.7 Å². The fourth-order valence-corrected chi connectivity index (χ4v) is 3.25. The van der Waals surface area contributed by atoms with Crippen molar-refractivity contribution in [1.29, 1.82) is 0 Å². The molecule has 6 nitrogen and oxygen atoms in total. The number of nitrogens with one attached hydrogen (secondary N) is 1. The lowest BCUT2D eigenvalue weighted by molar-refractivity contribution is -0.121. The number of aromatic nitrogens is 2. The summed E-state index contributed by atoms with van der Waals surface area (Å²) in [7, 11) is 1.62. The zero-order valence-corrected chi connectivity index (χ0v) is 15.2. The minimum atomic E-state index is -0.247. The second-order valence-corrected chi connectivity index (χ2v) is 6.58. The van der Waals surface area contributed by atoms with Crippen LogP contribution in [0.4, 0.5) is 0 Å². The molecule has 0 aliphatic rings. The predicted octanol–water partition coefficient (Wildman–Crippen LogP) is 2.34. The number of nitrogens with zero attached hydrogens (tertiary/aromatic N) is 2. The molecule has 1 amide bonds. The maximum atomic E-state index is 12.2. The lowest BCUT2D eigenvalue weighted by Gasteiger charge is -2.10. The van der Waals surface area contributed by atoms with E-state index in [0.717, 1.165) is 16.2 Å². The number of methoxy groups -OCH3 is 1. The van der Waals surface area contributed by atoms with Crippen molar-refractivity contribution in [3.8, 4) is 16.3 Å². The molecule has 0 saturated heterocycles. The van der Waals surface area contributed by atoms with E-state index in [4.69, 9.17) is 4.74 Å². The van der Waals surface area contributed by atoms with Crippen molar-refractivity contribution in [2.24, 2.45) is 0 Å². The highest BCUT2D eigenvalue weighted by atomic mass is 32.1. The highest BCUT2D eigenvalue weighted by molar-refractivity contribution is 7.13. The first-order valence-corrected chi connectivity index (χ1v) is 9.04. The van der Waals surface area contributed by atoms with Gasteiger partial charge in [0.05, 0.1) is 24.0 Å². The number of benzene rings is 1. The van der Waals surface area contributed by atoms with Crippen molar-refractivity contribution < 1.29 is 9.53 Å². The van der Waals surface area contributed by atoms with E-state index in [2.05, 4.69) is 10.3 Å². The number of amides is 1. The SMILES string of the molecule is COc1ccccc1CCNC(=O)Cn1cnc(-c2cccs2)cc1=O. The Morgan fingerprint density at radius 2 is 2.12 bits per heavy atom. The van der Waals surface area contributed by atoms with Crippen LogP contribution in [-0.2, 0) is 17.8 Å². The molecule has 0 unspecified atom stereocenters. The van der Waals surface area contributed by atoms with Crippen LogP contribution in [0.1, 0.15) is 5.56 Å². The van der Waals surface area contributed by atoms with Gasteiger partial charge in [0.1, 0.15) is 12.3 Å². The number of rotatable bonds is 7. The summed E-state index contributed by atoms with van der Waals surface area (Å²) in [5.41, 5.74) is 1.40. The Balaban J connectivity index is 1.56. The largest absolute Gasteiger partial charge is 0.496 e. The molecule has 0 atom stereocenters. The van der Waals surface area contributed by atoms with Crippen LogP contribution in [0.2, 0.25) is 0 Å². The number of ether oxygens (including phenoxy) is 1. The molecule has 1 N–H and O–H groups in total. The van der Waals surface area contributed by atoms with Crippen LogP contribution < -0.4 is 15.6 Å². The summed E-state index contributed by atoms with van der Waals surface area (Å²) in [4.78, 5) is 29.5. The van der Waals surface area contributed by atoms with Crippen LogP contribution in [0.15, 0.2) is 59.0 Å². The molecule has 1 aromatic carbocycles. The monoisotopic (exact) mass is 369 g/mol. The number of carbonyl (C=O) groups excluding carboxylic acids is 1. The average molecular weight is 369 g/mol. The van der Waals surface area contributed by atoms with E-state index in [-0.39, 0.29) is 18.0 Å². The quantitative estimate of drug-likeness (QED) is 0.694. The van der Waals surface area contributed by atoms with Gasteiger partial charge in [-0.1, -0.05) is 24.3 Å². The molecule has 0 radical (unpaired) electrons. The number of thiophene rings is 1. The van der Waals surface area contributed by atoms with Crippen LogP contribution in [0, 0.1) is 0 Å². The zero-order valence-electron chi connectivity index (χ0n) is 14.3. The average Bonchev–Trinajstić information content (AvgIpc) is 3.18. The molecule has 3 rings (SSSR count). The van der Waals surface area contributed by atoms with E-state index >= 15 is 0 Å². The van der Waals surface area contributed by atoms with E-state index in [1.54, 1.807) is 7.11 Å². The molecule has 0 bridgehead atoms. The van der Waals surface area contributed by atoms with Gasteiger partial charge in [-0.25, -0.2) is 4.98 Å². The summed E-state index contributed by atoms with van der Waals surface area (Å²) in [6.45, 7) is 0.414. The van der Waals surface area contributed by atoms with Crippen LogP contribution in [0.5, 0.6) is 5.75 Å². The van der Waals surface area contributed by atoms with Crippen molar-refractivity contribution in [2.45, 2.75) is 13.0 Å². The van der Waals surface area contributed by atoms with Crippen molar-refractivity contribution >= 4 is 17.2 Å². The highest BCUT2D eigenvalue weighted by Gasteiger charge is 2.08. The van der Waals surface area contributed by atoms with Crippen molar-refractivity contribution in [1.82, 2.24) is 14.9 Å². The number of para-hydroxylation sites is 1. The van der Waals surface area contributed by atoms with Crippen molar-refractivity contribution in [3.63, 3.8) is 0 Å². The van der Waals surface area contributed by atoms with E-state index in [1.807, 2.05) is 41.8 Å². The Morgan fingerprint density at radius 3 is 2.85 bits per heavy atom. The molecule has 2 heterocycles. The smallest absolute Gasteiger partial charge is 0.254 e. The lowest BCUT2D eigenvalue weighted by Crippen LogP contribution is -2.33. The fourth-order valence-electron chi connectivity index (χ4n) is 2.56. The normalized spacial score (nSPS) is 10.5. The summed E-state index contributed by atoms with van der Waals surface area (Å²) >= 11 is 1.52. The van der Waals surface area contributed by atoms with Gasteiger partial charge in [-0.15, -0.1) is 11.3 Å². The van der Waals surface area contributed by atoms with Gasteiger partial charge in [0.25, 0.3) is 5.56 Å². The predicted molar refractivity (Wildman–Crippen MR) is 102 cm³/mol. The third-order valence-electron chi connectivity index (χ3n) is 3.88. The van der Waals surface area contributed by atoms with E-state index in [9.17, 15) is 9.59 Å².